The molecular formula is C15H24N2O. The monoisotopic (exact) mass is 248 g/mol. The Hall–Kier alpha value is -0.900. The fraction of sp³-hybridized carbons (Fsp3) is 0.600. The van der Waals surface area contributed by atoms with Crippen molar-refractivity contribution in [1.29, 1.82) is 0 Å². The Kier molecular flexibility index (Phi) is 4.75. The van der Waals surface area contributed by atoms with Crippen molar-refractivity contribution in [3.05, 3.63) is 35.9 Å². The summed E-state index contributed by atoms with van der Waals surface area (Å²) in [5, 5.41) is 13.8. The Bertz CT molecular complexity index is 345. The quantitative estimate of drug-likeness (QED) is 0.750. The number of hydrogen-bond donors (Lipinski definition) is 2. The molecule has 18 heavy (non-hydrogen) atoms. The van der Waals surface area contributed by atoms with E-state index in [1.807, 2.05) is 37.3 Å². The highest BCUT2D eigenvalue weighted by molar-refractivity contribution is 5.21. The summed E-state index contributed by atoms with van der Waals surface area (Å²) in [6, 6.07) is 9.85. The van der Waals surface area contributed by atoms with Crippen molar-refractivity contribution in [2.24, 2.45) is 0 Å². The second kappa shape index (κ2) is 6.32. The molecule has 0 aromatic heterocycles. The molecule has 100 valence electrons. The fourth-order valence-electron chi connectivity index (χ4n) is 2.47. The molecule has 1 aromatic carbocycles. The Morgan fingerprint density at radius 1 is 1.22 bits per heavy atom. The van der Waals surface area contributed by atoms with E-state index in [1.54, 1.807) is 0 Å². The highest BCUT2D eigenvalue weighted by atomic mass is 16.3. The number of nitrogens with zero attached hydrogens (tertiary/aromatic N) is 1. The first-order valence-corrected chi connectivity index (χ1v) is 6.89. The van der Waals surface area contributed by atoms with E-state index in [9.17, 15) is 5.11 Å². The van der Waals surface area contributed by atoms with Gasteiger partial charge < -0.3 is 15.3 Å². The SMILES string of the molecule is CC(O)(CNCCN1CCCC1)c1ccccc1. The summed E-state index contributed by atoms with van der Waals surface area (Å²) in [5.41, 5.74) is 0.186. The molecule has 1 saturated heterocycles. The van der Waals surface area contributed by atoms with Crippen molar-refractivity contribution in [3.8, 4) is 0 Å². The van der Waals surface area contributed by atoms with Crippen LogP contribution in [-0.2, 0) is 5.60 Å². The van der Waals surface area contributed by atoms with Crippen LogP contribution in [0.4, 0.5) is 0 Å². The van der Waals surface area contributed by atoms with Crippen molar-refractivity contribution in [1.82, 2.24) is 10.2 Å². The first-order chi connectivity index (χ1) is 8.68. The minimum atomic E-state index is -0.785. The highest BCUT2D eigenvalue weighted by Crippen LogP contribution is 2.18. The second-order valence-electron chi connectivity index (χ2n) is 5.37. The lowest BCUT2D eigenvalue weighted by molar-refractivity contribution is 0.0566. The van der Waals surface area contributed by atoms with E-state index in [2.05, 4.69) is 10.2 Å². The van der Waals surface area contributed by atoms with Gasteiger partial charge in [-0.1, -0.05) is 30.3 Å². The number of benzene rings is 1. The fourth-order valence-corrected chi connectivity index (χ4v) is 2.47. The standard InChI is InChI=1S/C15H24N2O/c1-15(18,14-7-3-2-4-8-14)13-16-9-12-17-10-5-6-11-17/h2-4,7-8,16,18H,5-6,9-13H2,1H3. The van der Waals surface area contributed by atoms with Gasteiger partial charge in [-0.15, -0.1) is 0 Å². The molecule has 3 nitrogen and oxygen atoms in total. The molecule has 1 aliphatic heterocycles. The van der Waals surface area contributed by atoms with E-state index in [-0.39, 0.29) is 0 Å². The van der Waals surface area contributed by atoms with E-state index < -0.39 is 5.60 Å². The van der Waals surface area contributed by atoms with Crippen molar-refractivity contribution in [3.63, 3.8) is 0 Å². The molecule has 0 radical (unpaired) electrons. The van der Waals surface area contributed by atoms with Crippen LogP contribution < -0.4 is 5.32 Å². The van der Waals surface area contributed by atoms with Gasteiger partial charge in [-0.2, -0.15) is 0 Å². The molecule has 2 N–H and O–H groups in total. The zero-order valence-electron chi connectivity index (χ0n) is 11.2. The van der Waals surface area contributed by atoms with Crippen LogP contribution in [0.1, 0.15) is 25.3 Å². The normalized spacial score (nSPS) is 19.9. The summed E-state index contributed by atoms with van der Waals surface area (Å²) in [7, 11) is 0. The van der Waals surface area contributed by atoms with Crippen LogP contribution in [0.25, 0.3) is 0 Å². The summed E-state index contributed by atoms with van der Waals surface area (Å²) < 4.78 is 0. The molecule has 0 spiro atoms. The maximum absolute atomic E-state index is 10.4. The Labute approximate surface area is 110 Å². The van der Waals surface area contributed by atoms with Gasteiger partial charge in [0.05, 0.1) is 5.60 Å². The molecule has 1 aliphatic rings. The van der Waals surface area contributed by atoms with Gasteiger partial charge in [0.1, 0.15) is 0 Å². The molecule has 0 amide bonds. The zero-order valence-corrected chi connectivity index (χ0v) is 11.2. The van der Waals surface area contributed by atoms with Gasteiger partial charge in [-0.25, -0.2) is 0 Å². The Balaban J connectivity index is 1.71. The zero-order chi connectivity index (χ0) is 12.8. The molecule has 2 rings (SSSR count). The van der Waals surface area contributed by atoms with E-state index in [4.69, 9.17) is 0 Å². The third-order valence-electron chi connectivity index (χ3n) is 3.67. The van der Waals surface area contributed by atoms with Crippen LogP contribution >= 0.6 is 0 Å². The van der Waals surface area contributed by atoms with Gasteiger partial charge in [0.25, 0.3) is 0 Å². The highest BCUT2D eigenvalue weighted by Gasteiger charge is 2.22. The molecule has 0 saturated carbocycles. The maximum atomic E-state index is 10.4. The first-order valence-electron chi connectivity index (χ1n) is 6.89. The predicted molar refractivity (Wildman–Crippen MR) is 74.6 cm³/mol. The molecule has 0 aliphatic carbocycles. The smallest absolute Gasteiger partial charge is 0.0992 e. The van der Waals surface area contributed by atoms with Crippen molar-refractivity contribution >= 4 is 0 Å². The predicted octanol–water partition coefficient (Wildman–Crippen LogP) is 1.58. The minimum Gasteiger partial charge on any atom is -0.384 e. The molecule has 0 bridgehead atoms. The number of hydrogen-bond acceptors (Lipinski definition) is 3. The Morgan fingerprint density at radius 3 is 2.56 bits per heavy atom. The van der Waals surface area contributed by atoms with Crippen molar-refractivity contribution < 1.29 is 5.11 Å². The molecule has 3 heteroatoms. The lowest BCUT2D eigenvalue weighted by Crippen LogP contribution is -2.39. The first kappa shape index (κ1) is 13.5. The van der Waals surface area contributed by atoms with Gasteiger partial charge in [0.2, 0.25) is 0 Å². The van der Waals surface area contributed by atoms with E-state index in [1.165, 1.54) is 25.9 Å². The average molecular weight is 248 g/mol. The molecule has 1 heterocycles. The van der Waals surface area contributed by atoms with Gasteiger partial charge in [-0.05, 0) is 38.4 Å². The third-order valence-corrected chi connectivity index (χ3v) is 3.67. The van der Waals surface area contributed by atoms with E-state index >= 15 is 0 Å². The minimum absolute atomic E-state index is 0.602. The molecule has 1 unspecified atom stereocenters. The summed E-state index contributed by atoms with van der Waals surface area (Å²) in [6.07, 6.45) is 2.67. The van der Waals surface area contributed by atoms with Gasteiger partial charge in [-0.3, -0.25) is 0 Å². The van der Waals surface area contributed by atoms with Crippen molar-refractivity contribution in [2.45, 2.75) is 25.4 Å². The van der Waals surface area contributed by atoms with E-state index in [0.717, 1.165) is 18.7 Å². The van der Waals surface area contributed by atoms with E-state index in [0.29, 0.717) is 6.54 Å². The second-order valence-corrected chi connectivity index (χ2v) is 5.37. The molecule has 1 aromatic rings. The van der Waals surface area contributed by atoms with Crippen LogP contribution in [0.2, 0.25) is 0 Å². The maximum Gasteiger partial charge on any atom is 0.0992 e. The van der Waals surface area contributed by atoms with Crippen LogP contribution in [0, 0.1) is 0 Å². The van der Waals surface area contributed by atoms with Gasteiger partial charge >= 0.3 is 0 Å². The summed E-state index contributed by atoms with van der Waals surface area (Å²) in [5.74, 6) is 0. The molecule has 1 atom stereocenters. The van der Waals surface area contributed by atoms with Crippen LogP contribution in [0.15, 0.2) is 30.3 Å². The lowest BCUT2D eigenvalue weighted by atomic mass is 9.96. The van der Waals surface area contributed by atoms with Crippen LogP contribution in [0.5, 0.6) is 0 Å². The number of likely N-dealkylation sites (tertiary alicyclic amines) is 1. The summed E-state index contributed by atoms with van der Waals surface area (Å²) in [4.78, 5) is 2.48. The number of aliphatic hydroxyl groups is 1. The topological polar surface area (TPSA) is 35.5 Å². The number of rotatable bonds is 6. The van der Waals surface area contributed by atoms with Crippen molar-refractivity contribution in [2.75, 3.05) is 32.7 Å². The lowest BCUT2D eigenvalue weighted by Gasteiger charge is -2.25. The Morgan fingerprint density at radius 2 is 1.89 bits per heavy atom. The van der Waals surface area contributed by atoms with Gasteiger partial charge in [0.15, 0.2) is 0 Å². The molecule has 1 fully saturated rings. The van der Waals surface area contributed by atoms with Crippen LogP contribution in [0.3, 0.4) is 0 Å². The summed E-state index contributed by atoms with van der Waals surface area (Å²) >= 11 is 0. The third kappa shape index (κ3) is 3.80. The number of nitrogens with one attached hydrogen (secondary N) is 1. The van der Waals surface area contributed by atoms with Crippen LogP contribution in [-0.4, -0.2) is 42.7 Å². The molecular weight excluding hydrogens is 224 g/mol. The van der Waals surface area contributed by atoms with Gasteiger partial charge in [0, 0.05) is 19.6 Å². The summed E-state index contributed by atoms with van der Waals surface area (Å²) in [6.45, 7) is 6.97. The largest absolute Gasteiger partial charge is 0.384 e. The average Bonchev–Trinajstić information content (AvgIpc) is 2.89.